The Morgan fingerprint density at radius 1 is 1.23 bits per heavy atom. The topological polar surface area (TPSA) is 98.7 Å². The summed E-state index contributed by atoms with van der Waals surface area (Å²) >= 11 is 0. The van der Waals surface area contributed by atoms with Gasteiger partial charge in [-0.15, -0.1) is 0 Å². The minimum Gasteiger partial charge on any atom is -0.481 e. The van der Waals surface area contributed by atoms with Gasteiger partial charge in [-0.05, 0) is 38.1 Å². The van der Waals surface area contributed by atoms with E-state index in [0.717, 1.165) is 11.1 Å². The highest BCUT2D eigenvalue weighted by molar-refractivity contribution is 6.02. The monoisotopic (exact) mass is 307 g/mol. The number of carboxylic acids is 1. The number of nitrogens with one attached hydrogen (secondary N) is 2. The molecule has 0 aromatic heterocycles. The molecule has 0 aliphatic carbocycles. The highest BCUT2D eigenvalue weighted by Gasteiger charge is 2.12. The molecule has 0 atom stereocenters. The van der Waals surface area contributed by atoms with Gasteiger partial charge in [-0.2, -0.15) is 0 Å². The van der Waals surface area contributed by atoms with Crippen molar-refractivity contribution < 1.29 is 19.5 Å². The number of hydrogen-bond donors (Lipinski definition) is 3. The molecule has 3 N–H and O–H groups in total. The molecule has 0 aliphatic rings. The van der Waals surface area contributed by atoms with E-state index in [2.05, 4.69) is 10.6 Å². The lowest BCUT2D eigenvalue weighted by Crippen LogP contribution is -2.41. The lowest BCUT2D eigenvalue weighted by Gasteiger charge is -2.15. The molecule has 7 nitrogen and oxygen atoms in total. The van der Waals surface area contributed by atoms with E-state index < -0.39 is 17.9 Å². The highest BCUT2D eigenvalue weighted by atomic mass is 16.4. The molecule has 0 bridgehead atoms. The molecule has 0 spiro atoms. The number of amides is 3. The Balaban J connectivity index is 2.46. The fraction of sp³-hybridized carbons (Fsp3) is 0.400. The van der Waals surface area contributed by atoms with Crippen LogP contribution in [0.1, 0.15) is 17.5 Å². The van der Waals surface area contributed by atoms with Crippen LogP contribution in [0.25, 0.3) is 0 Å². The van der Waals surface area contributed by atoms with Gasteiger partial charge in [0.1, 0.15) is 0 Å². The van der Waals surface area contributed by atoms with Crippen molar-refractivity contribution in [3.63, 3.8) is 0 Å². The summed E-state index contributed by atoms with van der Waals surface area (Å²) in [6.07, 6.45) is -0.0571. The molecule has 1 aromatic carbocycles. The maximum absolute atomic E-state index is 11.8. The van der Waals surface area contributed by atoms with E-state index in [0.29, 0.717) is 5.69 Å². The summed E-state index contributed by atoms with van der Waals surface area (Å²) < 4.78 is 0. The zero-order chi connectivity index (χ0) is 16.7. The Hall–Kier alpha value is -2.41. The summed E-state index contributed by atoms with van der Waals surface area (Å²) in [7, 11) is 1.62. The van der Waals surface area contributed by atoms with Crippen molar-refractivity contribution in [2.24, 2.45) is 0 Å². The Morgan fingerprint density at radius 3 is 2.55 bits per heavy atom. The van der Waals surface area contributed by atoms with Crippen molar-refractivity contribution in [3.05, 3.63) is 29.3 Å². The number of urea groups is 1. The first-order chi connectivity index (χ1) is 10.3. The third-order valence-corrected chi connectivity index (χ3v) is 3.23. The summed E-state index contributed by atoms with van der Waals surface area (Å²) in [5.74, 6) is -1.42. The third-order valence-electron chi connectivity index (χ3n) is 3.23. The maximum Gasteiger partial charge on any atom is 0.325 e. The number of carbonyl (C=O) groups is 3. The van der Waals surface area contributed by atoms with Gasteiger partial charge in [0, 0.05) is 12.2 Å². The minimum atomic E-state index is -0.931. The molecule has 0 aliphatic heterocycles. The van der Waals surface area contributed by atoms with Crippen molar-refractivity contribution in [1.29, 1.82) is 0 Å². The van der Waals surface area contributed by atoms with E-state index in [-0.39, 0.29) is 19.5 Å². The van der Waals surface area contributed by atoms with Gasteiger partial charge in [0.2, 0.25) is 5.91 Å². The molecule has 1 rings (SSSR count). The number of nitrogens with zero attached hydrogens (tertiary/aromatic N) is 1. The number of benzene rings is 1. The van der Waals surface area contributed by atoms with Crippen molar-refractivity contribution in [1.82, 2.24) is 10.2 Å². The summed E-state index contributed by atoms with van der Waals surface area (Å²) in [4.78, 5) is 35.4. The number of aliphatic carboxylic acids is 1. The standard InChI is InChI=1S/C15H21N3O4/c1-10-5-4-6-12(11(10)2)16-15(22)17-13(19)9-18(3)8-7-14(20)21/h4-6H,7-9H2,1-3H3,(H,20,21)(H2,16,17,19,22). The normalized spacial score (nSPS) is 10.4. The summed E-state index contributed by atoms with van der Waals surface area (Å²) in [5.41, 5.74) is 2.62. The first-order valence-electron chi connectivity index (χ1n) is 6.87. The van der Waals surface area contributed by atoms with Crippen LogP contribution in [0.4, 0.5) is 10.5 Å². The van der Waals surface area contributed by atoms with Gasteiger partial charge in [-0.25, -0.2) is 4.79 Å². The molecule has 22 heavy (non-hydrogen) atoms. The fourth-order valence-electron chi connectivity index (χ4n) is 1.82. The van der Waals surface area contributed by atoms with Gasteiger partial charge in [-0.1, -0.05) is 12.1 Å². The summed E-state index contributed by atoms with van der Waals surface area (Å²) in [6.45, 7) is 4.00. The van der Waals surface area contributed by atoms with Crippen LogP contribution in [0, 0.1) is 13.8 Å². The second-order valence-electron chi connectivity index (χ2n) is 5.13. The number of carboxylic acid groups (broad SMARTS) is 1. The van der Waals surface area contributed by atoms with E-state index >= 15 is 0 Å². The molecule has 0 unspecified atom stereocenters. The third kappa shape index (κ3) is 5.92. The largest absolute Gasteiger partial charge is 0.481 e. The second kappa shape index (κ2) is 8.14. The van der Waals surface area contributed by atoms with E-state index in [1.165, 1.54) is 4.90 Å². The predicted molar refractivity (Wildman–Crippen MR) is 82.8 cm³/mol. The zero-order valence-corrected chi connectivity index (χ0v) is 13.0. The van der Waals surface area contributed by atoms with Crippen LogP contribution in [0.2, 0.25) is 0 Å². The average molecular weight is 307 g/mol. The Morgan fingerprint density at radius 2 is 1.91 bits per heavy atom. The van der Waals surface area contributed by atoms with Gasteiger partial charge < -0.3 is 10.4 Å². The van der Waals surface area contributed by atoms with Crippen molar-refractivity contribution in [2.45, 2.75) is 20.3 Å². The summed E-state index contributed by atoms with van der Waals surface area (Å²) in [5, 5.41) is 13.4. The first-order valence-corrected chi connectivity index (χ1v) is 6.87. The molecule has 0 saturated heterocycles. The zero-order valence-electron chi connectivity index (χ0n) is 13.0. The fourth-order valence-corrected chi connectivity index (χ4v) is 1.82. The van der Waals surface area contributed by atoms with Crippen LogP contribution >= 0.6 is 0 Å². The van der Waals surface area contributed by atoms with Crippen molar-refractivity contribution >= 4 is 23.6 Å². The van der Waals surface area contributed by atoms with Gasteiger partial charge in [0.15, 0.2) is 0 Å². The van der Waals surface area contributed by atoms with Crippen molar-refractivity contribution in [2.75, 3.05) is 25.5 Å². The Bertz CT molecular complexity index is 572. The minimum absolute atomic E-state index is 0.0481. The van der Waals surface area contributed by atoms with Crippen LogP contribution in [-0.2, 0) is 9.59 Å². The smallest absolute Gasteiger partial charge is 0.325 e. The van der Waals surface area contributed by atoms with Crippen LogP contribution < -0.4 is 10.6 Å². The molecular formula is C15H21N3O4. The van der Waals surface area contributed by atoms with Gasteiger partial charge in [-0.3, -0.25) is 19.8 Å². The quantitative estimate of drug-likeness (QED) is 0.737. The molecule has 3 amide bonds. The van der Waals surface area contributed by atoms with Crippen LogP contribution in [0.5, 0.6) is 0 Å². The van der Waals surface area contributed by atoms with Crippen LogP contribution in [0.3, 0.4) is 0 Å². The number of anilines is 1. The Kier molecular flexibility index (Phi) is 6.52. The second-order valence-corrected chi connectivity index (χ2v) is 5.13. The lowest BCUT2D eigenvalue weighted by molar-refractivity contribution is -0.137. The summed E-state index contributed by atoms with van der Waals surface area (Å²) in [6, 6.07) is 4.90. The number of carbonyl (C=O) groups excluding carboxylic acids is 2. The first kappa shape index (κ1) is 17.6. The molecule has 7 heteroatoms. The van der Waals surface area contributed by atoms with Crippen LogP contribution in [-0.4, -0.2) is 48.1 Å². The van der Waals surface area contributed by atoms with Crippen LogP contribution in [0.15, 0.2) is 18.2 Å². The average Bonchev–Trinajstić information content (AvgIpc) is 2.41. The number of aryl methyl sites for hydroxylation is 1. The van der Waals surface area contributed by atoms with Gasteiger partial charge >= 0.3 is 12.0 Å². The van der Waals surface area contributed by atoms with E-state index in [1.54, 1.807) is 13.1 Å². The number of likely N-dealkylation sites (N-methyl/N-ethyl adjacent to an activating group) is 1. The maximum atomic E-state index is 11.8. The number of hydrogen-bond acceptors (Lipinski definition) is 4. The van der Waals surface area contributed by atoms with Gasteiger partial charge in [0.05, 0.1) is 13.0 Å². The molecule has 1 aromatic rings. The molecular weight excluding hydrogens is 286 g/mol. The molecule has 0 heterocycles. The number of imide groups is 1. The van der Waals surface area contributed by atoms with Gasteiger partial charge in [0.25, 0.3) is 0 Å². The molecule has 0 fully saturated rings. The Labute approximate surface area is 129 Å². The van der Waals surface area contributed by atoms with E-state index in [4.69, 9.17) is 5.11 Å². The SMILES string of the molecule is Cc1cccc(NC(=O)NC(=O)CN(C)CCC(=O)O)c1C. The molecule has 0 radical (unpaired) electrons. The van der Waals surface area contributed by atoms with Crippen molar-refractivity contribution in [3.8, 4) is 0 Å². The predicted octanol–water partition coefficient (Wildman–Crippen LogP) is 1.36. The van der Waals surface area contributed by atoms with E-state index in [9.17, 15) is 14.4 Å². The van der Waals surface area contributed by atoms with E-state index in [1.807, 2.05) is 26.0 Å². The molecule has 0 saturated carbocycles. The number of rotatable bonds is 6. The lowest BCUT2D eigenvalue weighted by atomic mass is 10.1. The highest BCUT2D eigenvalue weighted by Crippen LogP contribution is 2.17. The molecule has 120 valence electrons.